The Morgan fingerprint density at radius 3 is 2.55 bits per heavy atom. The second kappa shape index (κ2) is 9.25. The van der Waals surface area contributed by atoms with Crippen LogP contribution in [0.2, 0.25) is 0 Å². The Kier molecular flexibility index (Phi) is 6.22. The highest BCUT2D eigenvalue weighted by atomic mass is 19.4. The van der Waals surface area contributed by atoms with Crippen LogP contribution >= 0.6 is 0 Å². The van der Waals surface area contributed by atoms with E-state index in [1.165, 1.54) is 19.2 Å². The number of nitrogens with zero attached hydrogens (tertiary/aromatic N) is 4. The van der Waals surface area contributed by atoms with Gasteiger partial charge in [0.05, 0.1) is 13.7 Å². The van der Waals surface area contributed by atoms with E-state index in [0.29, 0.717) is 11.1 Å². The van der Waals surface area contributed by atoms with E-state index in [9.17, 15) is 18.0 Å². The van der Waals surface area contributed by atoms with E-state index < -0.39 is 18.2 Å². The third-order valence-electron chi connectivity index (χ3n) is 4.73. The summed E-state index contributed by atoms with van der Waals surface area (Å²) in [4.78, 5) is 25.1. The van der Waals surface area contributed by atoms with E-state index in [2.05, 4.69) is 19.6 Å². The standard InChI is InChI=1S/C22H17F3N4O4/c1-31-29(21(30)32-13-17-11-26-10-16-4-2-3-5-18(16)17)12-14-6-8-15(9-7-14)19-27-20(33-28-19)22(23,24)25/h2-11H,12-13H2,1H3. The highest BCUT2D eigenvalue weighted by Crippen LogP contribution is 2.29. The van der Waals surface area contributed by atoms with Crippen LogP contribution in [-0.2, 0) is 28.9 Å². The predicted molar refractivity (Wildman–Crippen MR) is 109 cm³/mol. The number of fused-ring (bicyclic) bond motifs is 1. The number of aromatic nitrogens is 3. The lowest BCUT2D eigenvalue weighted by Gasteiger charge is -2.19. The zero-order valence-electron chi connectivity index (χ0n) is 17.2. The van der Waals surface area contributed by atoms with Crippen molar-refractivity contribution in [3.63, 3.8) is 0 Å². The van der Waals surface area contributed by atoms with Gasteiger partial charge in [0.2, 0.25) is 5.82 Å². The largest absolute Gasteiger partial charge is 0.471 e. The van der Waals surface area contributed by atoms with Gasteiger partial charge >= 0.3 is 18.2 Å². The van der Waals surface area contributed by atoms with Crippen molar-refractivity contribution < 1.29 is 32.1 Å². The van der Waals surface area contributed by atoms with Crippen molar-refractivity contribution in [1.82, 2.24) is 20.2 Å². The number of carbonyl (C=O) groups excluding carboxylic acids is 1. The van der Waals surface area contributed by atoms with Gasteiger partial charge in [-0.05, 0) is 10.9 Å². The van der Waals surface area contributed by atoms with Gasteiger partial charge in [0, 0.05) is 28.9 Å². The van der Waals surface area contributed by atoms with Crippen LogP contribution in [0, 0.1) is 0 Å². The van der Waals surface area contributed by atoms with Crippen molar-refractivity contribution in [2.24, 2.45) is 0 Å². The SMILES string of the molecule is CON(Cc1ccc(-c2noc(C(F)(F)F)n2)cc1)C(=O)OCc1cncc2ccccc12. The molecule has 170 valence electrons. The maximum Gasteiger partial charge on any atom is 0.471 e. The monoisotopic (exact) mass is 458 g/mol. The molecule has 0 N–H and O–H groups in total. The molecule has 0 aliphatic heterocycles. The van der Waals surface area contributed by atoms with Crippen LogP contribution in [0.15, 0.2) is 65.4 Å². The average molecular weight is 458 g/mol. The van der Waals surface area contributed by atoms with Crippen LogP contribution in [-0.4, -0.2) is 33.4 Å². The maximum atomic E-state index is 12.6. The van der Waals surface area contributed by atoms with Gasteiger partial charge in [-0.2, -0.15) is 23.2 Å². The van der Waals surface area contributed by atoms with Crippen molar-refractivity contribution in [1.29, 1.82) is 0 Å². The van der Waals surface area contributed by atoms with Gasteiger partial charge in [-0.15, -0.1) is 0 Å². The molecule has 4 aromatic rings. The molecule has 0 saturated carbocycles. The lowest BCUT2D eigenvalue weighted by molar-refractivity contribution is -0.159. The first-order chi connectivity index (χ1) is 15.8. The molecular weight excluding hydrogens is 441 g/mol. The lowest BCUT2D eigenvalue weighted by atomic mass is 10.1. The van der Waals surface area contributed by atoms with Crippen LogP contribution in [0.4, 0.5) is 18.0 Å². The molecule has 2 aromatic heterocycles. The summed E-state index contributed by atoms with van der Waals surface area (Å²) >= 11 is 0. The van der Waals surface area contributed by atoms with E-state index in [0.717, 1.165) is 21.4 Å². The molecule has 0 spiro atoms. The number of rotatable bonds is 6. The smallest absolute Gasteiger partial charge is 0.443 e. The summed E-state index contributed by atoms with van der Waals surface area (Å²) in [6, 6.07) is 13.8. The van der Waals surface area contributed by atoms with Crippen LogP contribution in [0.5, 0.6) is 0 Å². The predicted octanol–water partition coefficient (Wildman–Crippen LogP) is 5.00. The fourth-order valence-corrected chi connectivity index (χ4v) is 3.09. The summed E-state index contributed by atoms with van der Waals surface area (Å²) in [7, 11) is 1.33. The molecule has 0 aliphatic rings. The number of hydroxylamine groups is 2. The third kappa shape index (κ3) is 5.09. The first-order valence-corrected chi connectivity index (χ1v) is 9.65. The summed E-state index contributed by atoms with van der Waals surface area (Å²) in [5.74, 6) is -1.61. The van der Waals surface area contributed by atoms with Crippen molar-refractivity contribution in [3.8, 4) is 11.4 Å². The number of alkyl halides is 3. The van der Waals surface area contributed by atoms with Crippen molar-refractivity contribution in [3.05, 3.63) is 77.9 Å². The highest BCUT2D eigenvalue weighted by molar-refractivity contribution is 5.84. The second-order valence-corrected chi connectivity index (χ2v) is 6.91. The number of pyridine rings is 1. The zero-order valence-corrected chi connectivity index (χ0v) is 17.2. The molecule has 11 heteroatoms. The van der Waals surface area contributed by atoms with Gasteiger partial charge in [0.1, 0.15) is 6.61 Å². The van der Waals surface area contributed by atoms with Crippen molar-refractivity contribution >= 4 is 16.9 Å². The van der Waals surface area contributed by atoms with Crippen LogP contribution in [0.3, 0.4) is 0 Å². The first kappa shape index (κ1) is 22.2. The number of ether oxygens (including phenoxy) is 1. The highest BCUT2D eigenvalue weighted by Gasteiger charge is 2.38. The minimum absolute atomic E-state index is 0.00531. The molecule has 2 heterocycles. The average Bonchev–Trinajstić information content (AvgIpc) is 3.32. The van der Waals surface area contributed by atoms with E-state index >= 15 is 0 Å². The minimum Gasteiger partial charge on any atom is -0.443 e. The molecule has 2 aromatic carbocycles. The first-order valence-electron chi connectivity index (χ1n) is 9.65. The summed E-state index contributed by atoms with van der Waals surface area (Å²) in [6.45, 7) is 0.0504. The molecule has 0 atom stereocenters. The topological polar surface area (TPSA) is 90.6 Å². The molecular formula is C22H17F3N4O4. The summed E-state index contributed by atoms with van der Waals surface area (Å²) in [6.07, 6.45) is -2.06. The quantitative estimate of drug-likeness (QED) is 0.376. The van der Waals surface area contributed by atoms with Crippen LogP contribution in [0.1, 0.15) is 17.0 Å². The molecule has 4 rings (SSSR count). The normalized spacial score (nSPS) is 11.5. The summed E-state index contributed by atoms with van der Waals surface area (Å²) < 4.78 is 47.5. The third-order valence-corrected chi connectivity index (χ3v) is 4.73. The Hall–Kier alpha value is -3.99. The zero-order chi connectivity index (χ0) is 23.4. The van der Waals surface area contributed by atoms with E-state index in [1.807, 2.05) is 24.3 Å². The number of halogens is 3. The van der Waals surface area contributed by atoms with Gasteiger partial charge in [0.25, 0.3) is 0 Å². The van der Waals surface area contributed by atoms with Gasteiger partial charge < -0.3 is 9.26 Å². The lowest BCUT2D eigenvalue weighted by Crippen LogP contribution is -2.30. The van der Waals surface area contributed by atoms with E-state index in [1.54, 1.807) is 24.5 Å². The number of hydrogen-bond acceptors (Lipinski definition) is 7. The molecule has 0 saturated heterocycles. The Labute approximate surface area is 185 Å². The fraction of sp³-hybridized carbons (Fsp3) is 0.182. The molecule has 33 heavy (non-hydrogen) atoms. The molecule has 0 unspecified atom stereocenters. The van der Waals surface area contributed by atoms with Gasteiger partial charge in [-0.25, -0.2) is 4.79 Å². The van der Waals surface area contributed by atoms with E-state index in [-0.39, 0.29) is 19.0 Å². The minimum atomic E-state index is -4.72. The number of carbonyl (C=O) groups is 1. The molecule has 1 amide bonds. The summed E-state index contributed by atoms with van der Waals surface area (Å²) in [5, 5.41) is 6.21. The Balaban J connectivity index is 1.40. The number of hydrogen-bond donors (Lipinski definition) is 0. The number of amides is 1. The number of benzene rings is 2. The maximum absolute atomic E-state index is 12.6. The second-order valence-electron chi connectivity index (χ2n) is 6.91. The molecule has 8 nitrogen and oxygen atoms in total. The Morgan fingerprint density at radius 1 is 1.09 bits per heavy atom. The molecule has 0 fully saturated rings. The molecule has 0 bridgehead atoms. The Morgan fingerprint density at radius 2 is 1.85 bits per heavy atom. The van der Waals surface area contributed by atoms with Crippen molar-refractivity contribution in [2.45, 2.75) is 19.3 Å². The molecule has 0 radical (unpaired) electrons. The van der Waals surface area contributed by atoms with Crippen molar-refractivity contribution in [2.75, 3.05) is 7.11 Å². The van der Waals surface area contributed by atoms with Gasteiger partial charge in [-0.3, -0.25) is 9.82 Å². The molecule has 0 aliphatic carbocycles. The fourth-order valence-electron chi connectivity index (χ4n) is 3.09. The summed E-state index contributed by atoms with van der Waals surface area (Å²) in [5.41, 5.74) is 1.72. The van der Waals surface area contributed by atoms with Gasteiger partial charge in [-0.1, -0.05) is 53.7 Å². The van der Waals surface area contributed by atoms with E-state index in [4.69, 9.17) is 9.57 Å². The van der Waals surface area contributed by atoms with Gasteiger partial charge in [0.15, 0.2) is 0 Å². The Bertz CT molecular complexity index is 1250. The van der Waals surface area contributed by atoms with Crippen LogP contribution in [0.25, 0.3) is 22.2 Å². The van der Waals surface area contributed by atoms with Crippen LogP contribution < -0.4 is 0 Å².